The number of amides is 1. The smallest absolute Gasteiger partial charge is 0.273 e. The van der Waals surface area contributed by atoms with Crippen molar-refractivity contribution in [2.24, 2.45) is 5.10 Å². The maximum Gasteiger partial charge on any atom is 0.273 e. The number of likely N-dealkylation sites (N-methyl/N-ethyl adjacent to an activating group) is 1. The summed E-state index contributed by atoms with van der Waals surface area (Å²) in [5.41, 5.74) is 8.69. The number of aromatic amines is 1. The molecule has 4 heterocycles. The fourth-order valence-corrected chi connectivity index (χ4v) is 4.45. The summed E-state index contributed by atoms with van der Waals surface area (Å²) in [5, 5.41) is 7.90. The summed E-state index contributed by atoms with van der Waals surface area (Å²) in [7, 11) is 2.18. The van der Waals surface area contributed by atoms with E-state index in [9.17, 15) is 4.79 Å². The Morgan fingerprint density at radius 3 is 2.83 bits per heavy atom. The molecule has 8 heteroatoms. The number of hydrazone groups is 1. The molecule has 0 spiro atoms. The fraction of sp³-hybridized carbons (Fsp3) is 0.476. The number of carbonyl (C=O) groups is 1. The van der Waals surface area contributed by atoms with Crippen LogP contribution in [0.2, 0.25) is 0 Å². The lowest BCUT2D eigenvalue weighted by Crippen LogP contribution is -2.44. The lowest BCUT2D eigenvalue weighted by molar-refractivity contribution is -0.116. The van der Waals surface area contributed by atoms with Crippen molar-refractivity contribution in [3.05, 3.63) is 46.1 Å². The van der Waals surface area contributed by atoms with Gasteiger partial charge in [-0.1, -0.05) is 5.16 Å². The van der Waals surface area contributed by atoms with Gasteiger partial charge in [-0.25, -0.2) is 5.43 Å². The first-order valence-corrected chi connectivity index (χ1v) is 10.3. The van der Waals surface area contributed by atoms with Crippen LogP contribution in [0.15, 0.2) is 27.5 Å². The number of nitrogens with one attached hydrogen (secondary N) is 2. The number of hydrogen-bond acceptors (Lipinski definition) is 6. The standard InChI is InChI=1S/C21H26N6O2/c1-26-8-10-27(11-9-26)13-16-14-4-2-3-5-17(14)23-18(16)12-15-20(24-25-21(15)28)19-6-7-22-29-19/h6-7,12,23H,2-5,8-11,13H2,1H3,(H,25,28)/b15-12+. The minimum absolute atomic E-state index is 0.213. The van der Waals surface area contributed by atoms with Crippen LogP contribution in [0.5, 0.6) is 0 Å². The van der Waals surface area contributed by atoms with Crippen molar-refractivity contribution < 1.29 is 9.32 Å². The van der Waals surface area contributed by atoms with Crippen LogP contribution < -0.4 is 5.43 Å². The van der Waals surface area contributed by atoms with Crippen LogP contribution in [0.25, 0.3) is 6.08 Å². The quantitative estimate of drug-likeness (QED) is 0.768. The Labute approximate surface area is 169 Å². The molecule has 2 aromatic heterocycles. The molecule has 2 aliphatic heterocycles. The summed E-state index contributed by atoms with van der Waals surface area (Å²) < 4.78 is 5.24. The molecule has 2 N–H and O–H groups in total. The maximum atomic E-state index is 12.5. The topological polar surface area (TPSA) is 89.8 Å². The molecule has 5 rings (SSSR count). The van der Waals surface area contributed by atoms with Gasteiger partial charge in [0.1, 0.15) is 5.71 Å². The molecule has 0 radical (unpaired) electrons. The van der Waals surface area contributed by atoms with Crippen molar-refractivity contribution in [1.82, 2.24) is 25.4 Å². The highest BCUT2D eigenvalue weighted by molar-refractivity contribution is 6.32. The van der Waals surface area contributed by atoms with Gasteiger partial charge in [0.05, 0.1) is 11.8 Å². The number of H-pyrrole nitrogens is 1. The van der Waals surface area contributed by atoms with Gasteiger partial charge >= 0.3 is 0 Å². The Morgan fingerprint density at radius 1 is 1.21 bits per heavy atom. The zero-order valence-electron chi connectivity index (χ0n) is 16.7. The Morgan fingerprint density at radius 2 is 2.03 bits per heavy atom. The number of aromatic nitrogens is 2. The molecule has 1 amide bonds. The van der Waals surface area contributed by atoms with Crippen LogP contribution in [0.1, 0.15) is 41.1 Å². The summed E-state index contributed by atoms with van der Waals surface area (Å²) in [6.07, 6.45) is 8.11. The van der Waals surface area contributed by atoms with Gasteiger partial charge in [0.15, 0.2) is 5.76 Å². The molecule has 0 bridgehead atoms. The van der Waals surface area contributed by atoms with E-state index in [1.54, 1.807) is 12.3 Å². The van der Waals surface area contributed by atoms with Crippen LogP contribution in [0, 0.1) is 0 Å². The van der Waals surface area contributed by atoms with Crippen LogP contribution >= 0.6 is 0 Å². The van der Waals surface area contributed by atoms with Gasteiger partial charge in [-0.05, 0) is 49.9 Å². The average Bonchev–Trinajstić information content (AvgIpc) is 3.45. The molecule has 152 valence electrons. The van der Waals surface area contributed by atoms with E-state index in [1.807, 2.05) is 6.08 Å². The summed E-state index contributed by atoms with van der Waals surface area (Å²) in [6.45, 7) is 5.23. The molecule has 0 saturated carbocycles. The second-order valence-corrected chi connectivity index (χ2v) is 8.10. The van der Waals surface area contributed by atoms with Crippen molar-refractivity contribution in [3.8, 4) is 0 Å². The lowest BCUT2D eigenvalue weighted by Gasteiger charge is -2.32. The molecular weight excluding hydrogens is 368 g/mol. The molecular formula is C21H26N6O2. The highest BCUT2D eigenvalue weighted by Crippen LogP contribution is 2.30. The van der Waals surface area contributed by atoms with Crippen molar-refractivity contribution in [1.29, 1.82) is 0 Å². The minimum Gasteiger partial charge on any atom is -0.358 e. The first-order chi connectivity index (χ1) is 14.2. The van der Waals surface area contributed by atoms with Gasteiger partial charge in [-0.2, -0.15) is 5.10 Å². The predicted molar refractivity (Wildman–Crippen MR) is 109 cm³/mol. The first kappa shape index (κ1) is 18.3. The predicted octanol–water partition coefficient (Wildman–Crippen LogP) is 1.55. The summed E-state index contributed by atoms with van der Waals surface area (Å²) in [5.74, 6) is 0.279. The van der Waals surface area contributed by atoms with Gasteiger partial charge in [0.2, 0.25) is 0 Å². The molecule has 0 atom stereocenters. The minimum atomic E-state index is -0.213. The molecule has 29 heavy (non-hydrogen) atoms. The zero-order chi connectivity index (χ0) is 19.8. The number of fused-ring (bicyclic) bond motifs is 1. The molecule has 0 aromatic carbocycles. The van der Waals surface area contributed by atoms with E-state index in [0.717, 1.165) is 51.3 Å². The van der Waals surface area contributed by atoms with E-state index in [-0.39, 0.29) is 5.91 Å². The third-order valence-corrected chi connectivity index (χ3v) is 6.15. The first-order valence-electron chi connectivity index (χ1n) is 10.3. The van der Waals surface area contributed by atoms with Gasteiger partial charge in [0, 0.05) is 50.2 Å². The van der Waals surface area contributed by atoms with Crippen molar-refractivity contribution in [3.63, 3.8) is 0 Å². The van der Waals surface area contributed by atoms with Crippen LogP contribution in [-0.4, -0.2) is 64.8 Å². The summed E-state index contributed by atoms with van der Waals surface area (Å²) in [4.78, 5) is 21.0. The van der Waals surface area contributed by atoms with Gasteiger partial charge in [-0.15, -0.1) is 0 Å². The number of nitrogens with zero attached hydrogens (tertiary/aromatic N) is 4. The van der Waals surface area contributed by atoms with E-state index in [0.29, 0.717) is 17.0 Å². The number of piperazine rings is 1. The summed E-state index contributed by atoms with van der Waals surface area (Å²) >= 11 is 0. The monoisotopic (exact) mass is 394 g/mol. The van der Waals surface area contributed by atoms with Gasteiger partial charge in [0.25, 0.3) is 5.91 Å². The summed E-state index contributed by atoms with van der Waals surface area (Å²) in [6, 6.07) is 1.72. The third-order valence-electron chi connectivity index (χ3n) is 6.15. The zero-order valence-corrected chi connectivity index (χ0v) is 16.7. The second-order valence-electron chi connectivity index (χ2n) is 8.10. The normalized spacial score (nSPS) is 22.0. The molecule has 1 saturated heterocycles. The van der Waals surface area contributed by atoms with Crippen molar-refractivity contribution in [2.45, 2.75) is 32.2 Å². The van der Waals surface area contributed by atoms with Crippen molar-refractivity contribution >= 4 is 17.7 Å². The van der Waals surface area contributed by atoms with E-state index >= 15 is 0 Å². The molecule has 0 unspecified atom stereocenters. The molecule has 8 nitrogen and oxygen atoms in total. The average molecular weight is 394 g/mol. The molecule has 2 aromatic rings. The second kappa shape index (κ2) is 7.61. The Bertz CT molecular complexity index is 964. The maximum absolute atomic E-state index is 12.5. The lowest BCUT2D eigenvalue weighted by atomic mass is 9.93. The largest absolute Gasteiger partial charge is 0.358 e. The van der Waals surface area contributed by atoms with E-state index < -0.39 is 0 Å². The number of rotatable bonds is 4. The fourth-order valence-electron chi connectivity index (χ4n) is 4.45. The Balaban J connectivity index is 1.51. The molecule has 1 fully saturated rings. The van der Waals surface area contributed by atoms with E-state index in [4.69, 9.17) is 4.52 Å². The number of hydrogen-bond donors (Lipinski definition) is 2. The third kappa shape index (κ3) is 3.54. The Hall–Kier alpha value is -2.71. The number of aryl methyl sites for hydroxylation is 1. The van der Waals surface area contributed by atoms with Crippen LogP contribution in [0.3, 0.4) is 0 Å². The van der Waals surface area contributed by atoms with Crippen LogP contribution in [0.4, 0.5) is 0 Å². The van der Waals surface area contributed by atoms with Crippen molar-refractivity contribution in [2.75, 3.05) is 33.2 Å². The van der Waals surface area contributed by atoms with Gasteiger partial charge < -0.3 is 14.4 Å². The van der Waals surface area contributed by atoms with Crippen LogP contribution in [-0.2, 0) is 24.2 Å². The Kier molecular flexibility index (Phi) is 4.81. The highest BCUT2D eigenvalue weighted by Gasteiger charge is 2.29. The molecule has 3 aliphatic rings. The van der Waals surface area contributed by atoms with E-state index in [1.165, 1.54) is 29.7 Å². The number of carbonyl (C=O) groups excluding carboxylic acids is 1. The highest BCUT2D eigenvalue weighted by atomic mass is 16.5. The SMILES string of the molecule is CN1CCN(Cc2c(/C=C3/C(=O)NN=C3c3ccno3)[nH]c3c2CCCC3)CC1. The van der Waals surface area contributed by atoms with E-state index in [2.05, 4.69) is 37.5 Å². The molecule has 1 aliphatic carbocycles. The van der Waals surface area contributed by atoms with Gasteiger partial charge in [-0.3, -0.25) is 9.69 Å².